The molecule has 0 aliphatic rings. The molecular formula is C83H90S14Si3. The van der Waals surface area contributed by atoms with Crippen molar-refractivity contribution in [2.75, 3.05) is 0 Å². The summed E-state index contributed by atoms with van der Waals surface area (Å²) in [6.07, 6.45) is 25.7. The van der Waals surface area contributed by atoms with Crippen molar-refractivity contribution in [2.45, 2.75) is 176 Å². The van der Waals surface area contributed by atoms with E-state index in [-0.39, 0.29) is 0 Å². The highest BCUT2D eigenvalue weighted by atomic mass is 32.2. The molecule has 0 aromatic carbocycles. The lowest BCUT2D eigenvalue weighted by molar-refractivity contribution is 0.670. The fourth-order valence-corrected chi connectivity index (χ4v) is 50.0. The zero-order valence-electron chi connectivity index (χ0n) is 58.6. The third-order valence-corrected chi connectivity index (χ3v) is 58.9. The Morgan fingerprint density at radius 1 is 0.200 bits per heavy atom. The molecule has 0 radical (unpaired) electrons. The standard InChI is InChI=1S/C83H90S14Si3/c1-8-12-16-20-25-57-30-34-63(85-57)67-39-48-76(90-67)99(6,77-49-40-68(91-77)64-35-31-58(86-64)26-21-17-13-9-2)82-54-45-73(96-82)71-43-52-80(94-71)98(5,75-47-38-62(89-75)61-29-24-56-84-61)81-53-44-72(95-81)74-46-55-83(97-74)100(7,78-50-41-69(92-78)65-36-32-59(87-65)27-22-18-14-10-3)79-51-42-70(93-79)66-37-33-60(88-66)28-23-19-15-11-4/h24,29-56H,8-23,25-28H2,1-7H3. The molecule has 14 rings (SSSR count). The van der Waals surface area contributed by atoms with Gasteiger partial charge in [-0.25, -0.2) is 0 Å². The van der Waals surface area contributed by atoms with E-state index in [1.165, 1.54) is 230 Å². The van der Waals surface area contributed by atoms with E-state index in [2.05, 4.69) is 313 Å². The normalized spacial score (nSPS) is 12.3. The first kappa shape index (κ1) is 73.4. The van der Waals surface area contributed by atoms with Gasteiger partial charge in [0.25, 0.3) is 0 Å². The topological polar surface area (TPSA) is 0 Å². The summed E-state index contributed by atoms with van der Waals surface area (Å²) in [4.78, 5) is 25.8. The Morgan fingerprint density at radius 2 is 0.390 bits per heavy atom. The van der Waals surface area contributed by atoms with Crippen molar-refractivity contribution in [2.24, 2.45) is 0 Å². The van der Waals surface area contributed by atoms with Gasteiger partial charge in [-0.05, 0) is 166 Å². The van der Waals surface area contributed by atoms with Gasteiger partial charge in [-0.2, -0.15) is 0 Å². The summed E-state index contributed by atoms with van der Waals surface area (Å²) in [7, 11) is -7.42. The van der Waals surface area contributed by atoms with E-state index in [0.29, 0.717) is 0 Å². The lowest BCUT2D eigenvalue weighted by Gasteiger charge is -2.24. The minimum Gasteiger partial charge on any atom is -0.143 e. The van der Waals surface area contributed by atoms with E-state index in [9.17, 15) is 0 Å². The van der Waals surface area contributed by atoms with Gasteiger partial charge in [0.15, 0.2) is 24.2 Å². The third kappa shape index (κ3) is 16.1. The van der Waals surface area contributed by atoms with Crippen LogP contribution in [0.2, 0.25) is 19.6 Å². The van der Waals surface area contributed by atoms with E-state index in [1.54, 1.807) is 27.0 Å². The van der Waals surface area contributed by atoms with Gasteiger partial charge in [-0.3, -0.25) is 0 Å². The summed E-state index contributed by atoms with van der Waals surface area (Å²) in [6.45, 7) is 17.2. The minimum absolute atomic E-state index is 1.19. The molecule has 0 unspecified atom stereocenters. The van der Waals surface area contributed by atoms with Crippen LogP contribution in [0.5, 0.6) is 0 Å². The Bertz CT molecular complexity index is 4410. The van der Waals surface area contributed by atoms with Crippen LogP contribution in [0.15, 0.2) is 175 Å². The monoisotopic (exact) mass is 1620 g/mol. The van der Waals surface area contributed by atoms with Crippen LogP contribution < -0.4 is 40.5 Å². The van der Waals surface area contributed by atoms with Gasteiger partial charge < -0.3 is 0 Å². The molecule has 0 saturated heterocycles. The van der Waals surface area contributed by atoms with E-state index in [4.69, 9.17) is 0 Å². The Kier molecular flexibility index (Phi) is 24.9. The van der Waals surface area contributed by atoms with Gasteiger partial charge in [0.05, 0.1) is 0 Å². The molecule has 0 saturated carbocycles. The molecule has 14 heterocycles. The van der Waals surface area contributed by atoms with Gasteiger partial charge in [0.1, 0.15) is 0 Å². The third-order valence-electron chi connectivity index (χ3n) is 19.9. The lowest BCUT2D eigenvalue weighted by atomic mass is 10.1. The van der Waals surface area contributed by atoms with Gasteiger partial charge in [0.2, 0.25) is 0 Å². The molecule has 0 aliphatic heterocycles. The summed E-state index contributed by atoms with van der Waals surface area (Å²) in [5.41, 5.74) is 0. The quantitative estimate of drug-likeness (QED) is 0.0271. The maximum absolute atomic E-state index is 2.67. The zero-order chi connectivity index (χ0) is 68.6. The maximum Gasteiger partial charge on any atom is 0.181 e. The Balaban J connectivity index is 0.788. The predicted octanol–water partition coefficient (Wildman–Crippen LogP) is 26.0. The summed E-state index contributed by atoms with van der Waals surface area (Å²) < 4.78 is 13.9. The number of unbranched alkanes of at least 4 members (excludes halogenated alkanes) is 12. The van der Waals surface area contributed by atoms with Gasteiger partial charge >= 0.3 is 0 Å². The van der Waals surface area contributed by atoms with Gasteiger partial charge in [-0.1, -0.05) is 185 Å². The second-order valence-corrected chi connectivity index (χ2v) is 57.4. The first-order chi connectivity index (χ1) is 48.9. The maximum atomic E-state index is 2.67. The summed E-state index contributed by atoms with van der Waals surface area (Å²) in [5, 5.41) is 2.23. The number of thiophene rings is 14. The SMILES string of the molecule is CCCCCCc1ccc(-c2ccc([Si](C)(c3ccc(-c4ccc(CCCCCC)s4)s3)c3ccc(-c4ccc([Si](C)(c5ccc(-c6cccs6)s5)c5ccc(-c6ccc([Si](C)(c7ccc(-c8ccc(CCCCCC)s8)s7)c7ccc(-c8ccc(CCCCCC)s8)s7)s6)s5)s4)s3)s2)s1. The fourth-order valence-electron chi connectivity index (χ4n) is 13.6. The molecule has 0 bridgehead atoms. The van der Waals surface area contributed by atoms with Crippen LogP contribution in [0.3, 0.4) is 0 Å². The number of rotatable bonds is 36. The van der Waals surface area contributed by atoms with Gasteiger partial charge in [0, 0.05) is 128 Å². The molecule has 17 heteroatoms. The Hall–Kier alpha value is -3.55. The van der Waals surface area contributed by atoms with Crippen molar-refractivity contribution in [1.82, 2.24) is 0 Å². The average molecular weight is 1620 g/mol. The summed E-state index contributed by atoms with van der Waals surface area (Å²) in [6, 6.07) is 68.7. The van der Waals surface area contributed by atoms with E-state index >= 15 is 0 Å². The second-order valence-electron chi connectivity index (χ2n) is 27.1. The van der Waals surface area contributed by atoms with Crippen molar-refractivity contribution in [3.05, 3.63) is 195 Å². The second kappa shape index (κ2) is 33.9. The highest BCUT2D eigenvalue weighted by Crippen LogP contribution is 2.42. The molecule has 518 valence electrons. The van der Waals surface area contributed by atoms with Crippen LogP contribution in [0.4, 0.5) is 0 Å². The molecule has 0 nitrogen and oxygen atoms in total. The highest BCUT2D eigenvalue weighted by molar-refractivity contribution is 7.51. The van der Waals surface area contributed by atoms with Crippen molar-refractivity contribution in [1.29, 1.82) is 0 Å². The van der Waals surface area contributed by atoms with Crippen LogP contribution in [0.25, 0.3) is 68.3 Å². The van der Waals surface area contributed by atoms with Crippen LogP contribution in [0, 0.1) is 0 Å². The van der Waals surface area contributed by atoms with E-state index < -0.39 is 24.2 Å². The Morgan fingerprint density at radius 3 is 0.580 bits per heavy atom. The van der Waals surface area contributed by atoms with Crippen LogP contribution in [-0.2, 0) is 25.7 Å². The molecule has 0 aliphatic carbocycles. The smallest absolute Gasteiger partial charge is 0.143 e. The largest absolute Gasteiger partial charge is 0.181 e. The average Bonchev–Trinajstić information content (AvgIpc) is 1.57. The number of aryl methyl sites for hydroxylation is 4. The lowest BCUT2D eigenvalue weighted by Crippen LogP contribution is -2.62. The van der Waals surface area contributed by atoms with Crippen LogP contribution in [0.1, 0.15) is 150 Å². The molecule has 100 heavy (non-hydrogen) atoms. The summed E-state index contributed by atoms with van der Waals surface area (Å²) >= 11 is 28.6. The fraction of sp³-hybridized carbons (Fsp3) is 0.325. The van der Waals surface area contributed by atoms with E-state index in [1.807, 2.05) is 68.0 Å². The van der Waals surface area contributed by atoms with Crippen LogP contribution >= 0.6 is 159 Å². The van der Waals surface area contributed by atoms with E-state index in [0.717, 1.165) is 0 Å². The minimum atomic E-state index is -2.52. The number of hydrogen-bond donors (Lipinski definition) is 0. The molecule has 0 fully saturated rings. The zero-order valence-corrected chi connectivity index (χ0v) is 73.0. The van der Waals surface area contributed by atoms with Crippen molar-refractivity contribution in [3.63, 3.8) is 0 Å². The van der Waals surface area contributed by atoms with Gasteiger partial charge in [-0.15, -0.1) is 159 Å². The molecular weight excluding hydrogens is 1530 g/mol. The molecule has 14 aromatic rings. The molecule has 0 atom stereocenters. The first-order valence-corrected chi connectivity index (χ1v) is 55.3. The van der Waals surface area contributed by atoms with Crippen molar-refractivity contribution < 1.29 is 0 Å². The van der Waals surface area contributed by atoms with Crippen molar-refractivity contribution >= 4 is 223 Å². The van der Waals surface area contributed by atoms with Crippen LogP contribution in [-0.4, -0.2) is 24.2 Å². The molecule has 0 amide bonds. The molecule has 0 spiro atoms. The first-order valence-electron chi connectivity index (χ1n) is 36.3. The van der Waals surface area contributed by atoms with Crippen molar-refractivity contribution in [3.8, 4) is 68.3 Å². The number of hydrogen-bond acceptors (Lipinski definition) is 14. The molecule has 14 aromatic heterocycles. The predicted molar refractivity (Wildman–Crippen MR) is 476 cm³/mol. The molecule has 0 N–H and O–H groups in total. The Labute approximate surface area is 654 Å². The highest BCUT2D eigenvalue weighted by Gasteiger charge is 2.43. The summed E-state index contributed by atoms with van der Waals surface area (Å²) in [5.74, 6) is 0.